The van der Waals surface area contributed by atoms with Crippen LogP contribution in [0.4, 0.5) is 0 Å². The minimum atomic E-state index is 0.188. The van der Waals surface area contributed by atoms with Gasteiger partial charge in [0, 0.05) is 30.3 Å². The minimum Gasteiger partial charge on any atom is -0.294 e. The van der Waals surface area contributed by atoms with Crippen LogP contribution in [0.1, 0.15) is 35.0 Å². The van der Waals surface area contributed by atoms with Crippen molar-refractivity contribution in [1.29, 1.82) is 0 Å². The monoisotopic (exact) mass is 225 g/mol. The van der Waals surface area contributed by atoms with E-state index in [-0.39, 0.29) is 5.78 Å². The molecule has 1 aromatic heterocycles. The van der Waals surface area contributed by atoms with Crippen LogP contribution in [-0.4, -0.2) is 10.8 Å². The summed E-state index contributed by atoms with van der Waals surface area (Å²) in [6.45, 7) is 1.88. The lowest BCUT2D eigenvalue weighted by atomic mass is 10.0. The fourth-order valence-corrected chi connectivity index (χ4v) is 1.77. The Labute approximate surface area is 101 Å². The van der Waals surface area contributed by atoms with Gasteiger partial charge in [-0.05, 0) is 23.8 Å². The Bertz CT molecular complexity index is 505. The first kappa shape index (κ1) is 11.5. The van der Waals surface area contributed by atoms with Crippen LogP contribution in [0.15, 0.2) is 48.7 Å². The van der Waals surface area contributed by atoms with Gasteiger partial charge in [-0.25, -0.2) is 0 Å². The van der Waals surface area contributed by atoms with E-state index >= 15 is 0 Å². The number of hydrogen-bond acceptors (Lipinski definition) is 2. The molecule has 0 saturated carbocycles. The van der Waals surface area contributed by atoms with E-state index in [1.54, 1.807) is 6.20 Å². The molecule has 0 spiro atoms. The average molecular weight is 225 g/mol. The first-order valence-corrected chi connectivity index (χ1v) is 5.81. The van der Waals surface area contributed by atoms with Gasteiger partial charge < -0.3 is 0 Å². The van der Waals surface area contributed by atoms with Gasteiger partial charge in [0.15, 0.2) is 5.78 Å². The maximum absolute atomic E-state index is 11.6. The average Bonchev–Trinajstić information content (AvgIpc) is 2.39. The van der Waals surface area contributed by atoms with E-state index in [4.69, 9.17) is 0 Å². The van der Waals surface area contributed by atoms with Crippen molar-refractivity contribution >= 4 is 5.78 Å². The topological polar surface area (TPSA) is 30.0 Å². The summed E-state index contributed by atoms with van der Waals surface area (Å²) >= 11 is 0. The Balaban J connectivity index is 2.20. The van der Waals surface area contributed by atoms with E-state index in [2.05, 4.69) is 4.98 Å². The van der Waals surface area contributed by atoms with Crippen LogP contribution >= 0.6 is 0 Å². The molecule has 0 aliphatic heterocycles. The highest BCUT2D eigenvalue weighted by Gasteiger charge is 2.04. The van der Waals surface area contributed by atoms with Crippen LogP contribution in [0.2, 0.25) is 0 Å². The maximum atomic E-state index is 11.6. The van der Waals surface area contributed by atoms with Gasteiger partial charge in [0.05, 0.1) is 0 Å². The van der Waals surface area contributed by atoms with E-state index in [0.717, 1.165) is 23.2 Å². The molecule has 0 radical (unpaired) electrons. The number of pyridine rings is 1. The summed E-state index contributed by atoms with van der Waals surface area (Å²) < 4.78 is 0. The highest BCUT2D eigenvalue weighted by atomic mass is 16.1. The van der Waals surface area contributed by atoms with Crippen molar-refractivity contribution in [3.8, 4) is 0 Å². The van der Waals surface area contributed by atoms with Crippen LogP contribution in [0.5, 0.6) is 0 Å². The van der Waals surface area contributed by atoms with Crippen molar-refractivity contribution in [1.82, 2.24) is 4.98 Å². The normalized spacial score (nSPS) is 10.2. The predicted molar refractivity (Wildman–Crippen MR) is 68.1 cm³/mol. The van der Waals surface area contributed by atoms with Crippen molar-refractivity contribution < 1.29 is 4.79 Å². The largest absolute Gasteiger partial charge is 0.294 e. The molecule has 2 nitrogen and oxygen atoms in total. The second-order valence-electron chi connectivity index (χ2n) is 3.97. The molecule has 17 heavy (non-hydrogen) atoms. The van der Waals surface area contributed by atoms with E-state index < -0.39 is 0 Å². The van der Waals surface area contributed by atoms with Crippen LogP contribution in [0.25, 0.3) is 0 Å². The van der Waals surface area contributed by atoms with Crippen molar-refractivity contribution in [2.24, 2.45) is 0 Å². The molecule has 86 valence electrons. The number of nitrogens with zero attached hydrogens (tertiary/aromatic N) is 1. The van der Waals surface area contributed by atoms with Gasteiger partial charge in [0.2, 0.25) is 0 Å². The predicted octanol–water partition coefficient (Wildman–Crippen LogP) is 3.27. The Morgan fingerprint density at radius 2 is 2.06 bits per heavy atom. The summed E-state index contributed by atoms with van der Waals surface area (Å²) in [6, 6.07) is 13.7. The molecule has 0 aliphatic rings. The quantitative estimate of drug-likeness (QED) is 0.747. The second kappa shape index (κ2) is 5.39. The number of Topliss-reactive ketones (excluding diaryl/α,β-unsaturated/α-hetero) is 1. The van der Waals surface area contributed by atoms with Gasteiger partial charge in [-0.15, -0.1) is 0 Å². The van der Waals surface area contributed by atoms with E-state index in [1.807, 2.05) is 49.4 Å². The highest BCUT2D eigenvalue weighted by Crippen LogP contribution is 2.11. The highest BCUT2D eigenvalue weighted by molar-refractivity contribution is 5.95. The number of aromatic nitrogens is 1. The fourth-order valence-electron chi connectivity index (χ4n) is 1.77. The zero-order valence-corrected chi connectivity index (χ0v) is 9.89. The smallest absolute Gasteiger partial charge is 0.162 e. The van der Waals surface area contributed by atoms with E-state index in [9.17, 15) is 4.79 Å². The molecular formula is C15H15NO. The number of rotatable bonds is 4. The summed E-state index contributed by atoms with van der Waals surface area (Å²) in [6.07, 6.45) is 3.11. The molecule has 0 saturated heterocycles. The number of hydrogen-bond donors (Lipinski definition) is 0. The van der Waals surface area contributed by atoms with Gasteiger partial charge in [0.1, 0.15) is 0 Å². The third-order valence-corrected chi connectivity index (χ3v) is 2.68. The molecule has 2 heteroatoms. The van der Waals surface area contributed by atoms with E-state index in [1.165, 1.54) is 0 Å². The third kappa shape index (κ3) is 3.00. The molecule has 0 bridgehead atoms. The molecule has 0 amide bonds. The Morgan fingerprint density at radius 1 is 1.18 bits per heavy atom. The second-order valence-corrected chi connectivity index (χ2v) is 3.97. The molecular weight excluding hydrogens is 210 g/mol. The van der Waals surface area contributed by atoms with Crippen LogP contribution in [0, 0.1) is 0 Å². The number of carbonyl (C=O) groups is 1. The van der Waals surface area contributed by atoms with Gasteiger partial charge in [0.25, 0.3) is 0 Å². The molecule has 0 fully saturated rings. The van der Waals surface area contributed by atoms with E-state index in [0.29, 0.717) is 6.42 Å². The van der Waals surface area contributed by atoms with Crippen molar-refractivity contribution in [3.05, 3.63) is 65.5 Å². The van der Waals surface area contributed by atoms with Crippen LogP contribution < -0.4 is 0 Å². The molecule has 0 aliphatic carbocycles. The first-order chi connectivity index (χ1) is 8.29. The molecule has 1 aromatic carbocycles. The van der Waals surface area contributed by atoms with Gasteiger partial charge in [-0.1, -0.05) is 31.2 Å². The summed E-state index contributed by atoms with van der Waals surface area (Å²) in [7, 11) is 0. The summed E-state index contributed by atoms with van der Waals surface area (Å²) in [5, 5.41) is 0. The standard InChI is InChI=1S/C15H15NO/c1-2-15(17)13-7-5-6-12(10-13)11-14-8-3-4-9-16-14/h3-10H,2,11H2,1H3. The van der Waals surface area contributed by atoms with Crippen molar-refractivity contribution in [2.75, 3.05) is 0 Å². The maximum Gasteiger partial charge on any atom is 0.162 e. The SMILES string of the molecule is CCC(=O)c1cccc(Cc2ccccn2)c1. The van der Waals surface area contributed by atoms with Gasteiger partial charge in [-0.2, -0.15) is 0 Å². The minimum absolute atomic E-state index is 0.188. The molecule has 0 N–H and O–H groups in total. The molecule has 0 unspecified atom stereocenters. The molecule has 2 aromatic rings. The van der Waals surface area contributed by atoms with Crippen LogP contribution in [-0.2, 0) is 6.42 Å². The lowest BCUT2D eigenvalue weighted by Gasteiger charge is -2.03. The summed E-state index contributed by atoms with van der Waals surface area (Å²) in [5.74, 6) is 0.188. The molecule has 2 rings (SSSR count). The zero-order valence-electron chi connectivity index (χ0n) is 9.89. The Hall–Kier alpha value is -1.96. The fraction of sp³-hybridized carbons (Fsp3) is 0.200. The molecule has 1 heterocycles. The number of benzene rings is 1. The molecule has 0 atom stereocenters. The Kier molecular flexibility index (Phi) is 3.66. The third-order valence-electron chi connectivity index (χ3n) is 2.68. The summed E-state index contributed by atoms with van der Waals surface area (Å²) in [5.41, 5.74) is 2.94. The summed E-state index contributed by atoms with van der Waals surface area (Å²) in [4.78, 5) is 15.9. The number of carbonyl (C=O) groups excluding carboxylic acids is 1. The van der Waals surface area contributed by atoms with Crippen molar-refractivity contribution in [2.45, 2.75) is 19.8 Å². The Morgan fingerprint density at radius 3 is 2.76 bits per heavy atom. The lowest BCUT2D eigenvalue weighted by Crippen LogP contribution is -1.98. The zero-order chi connectivity index (χ0) is 12.1. The van der Waals surface area contributed by atoms with Crippen LogP contribution in [0.3, 0.4) is 0 Å². The van der Waals surface area contributed by atoms with Gasteiger partial charge >= 0.3 is 0 Å². The lowest BCUT2D eigenvalue weighted by molar-refractivity contribution is 0.0988. The van der Waals surface area contributed by atoms with Crippen molar-refractivity contribution in [3.63, 3.8) is 0 Å². The number of ketones is 1. The van der Waals surface area contributed by atoms with Gasteiger partial charge in [-0.3, -0.25) is 9.78 Å². The first-order valence-electron chi connectivity index (χ1n) is 5.81.